The van der Waals surface area contributed by atoms with E-state index in [9.17, 15) is 0 Å². The van der Waals surface area contributed by atoms with Crippen molar-refractivity contribution in [3.05, 3.63) is 65.0 Å². The van der Waals surface area contributed by atoms with Crippen molar-refractivity contribution in [3.8, 4) is 0 Å². The standard InChI is InChI=1S/C17H21N3/c1-13-6-7-15(11-19-13)17(10-18)20-9-8-14-4-2-3-5-16(14)12-20/h2-7,11,17H,8-10,12,18H2,1H3. The summed E-state index contributed by atoms with van der Waals surface area (Å²) in [5.41, 5.74) is 11.2. The third-order valence-electron chi connectivity index (χ3n) is 4.14. The van der Waals surface area contributed by atoms with Crippen LogP contribution in [-0.2, 0) is 13.0 Å². The van der Waals surface area contributed by atoms with Crippen LogP contribution in [0.2, 0.25) is 0 Å². The minimum absolute atomic E-state index is 0.261. The van der Waals surface area contributed by atoms with Crippen LogP contribution in [0.25, 0.3) is 0 Å². The molecule has 1 aromatic carbocycles. The zero-order chi connectivity index (χ0) is 13.9. The van der Waals surface area contributed by atoms with Crippen LogP contribution in [0.4, 0.5) is 0 Å². The van der Waals surface area contributed by atoms with Crippen LogP contribution in [0.15, 0.2) is 42.6 Å². The molecule has 20 heavy (non-hydrogen) atoms. The molecule has 3 rings (SSSR count). The first kappa shape index (κ1) is 13.3. The van der Waals surface area contributed by atoms with Crippen molar-refractivity contribution < 1.29 is 0 Å². The van der Waals surface area contributed by atoms with Gasteiger partial charge < -0.3 is 5.73 Å². The Balaban J connectivity index is 1.83. The first-order valence-electron chi connectivity index (χ1n) is 7.21. The van der Waals surface area contributed by atoms with Crippen molar-refractivity contribution in [2.24, 2.45) is 5.73 Å². The van der Waals surface area contributed by atoms with Crippen LogP contribution in [0.5, 0.6) is 0 Å². The highest BCUT2D eigenvalue weighted by molar-refractivity contribution is 5.30. The number of aromatic nitrogens is 1. The average Bonchev–Trinajstić information content (AvgIpc) is 2.50. The summed E-state index contributed by atoms with van der Waals surface area (Å²) in [6.07, 6.45) is 3.07. The van der Waals surface area contributed by atoms with Gasteiger partial charge in [0.15, 0.2) is 0 Å². The second-order valence-corrected chi connectivity index (χ2v) is 5.47. The normalized spacial score (nSPS) is 16.7. The molecule has 104 valence electrons. The quantitative estimate of drug-likeness (QED) is 0.929. The summed E-state index contributed by atoms with van der Waals surface area (Å²) in [5.74, 6) is 0. The molecule has 0 aliphatic carbocycles. The molecule has 2 aromatic rings. The minimum atomic E-state index is 0.261. The van der Waals surface area contributed by atoms with E-state index in [1.54, 1.807) is 0 Å². The van der Waals surface area contributed by atoms with Gasteiger partial charge in [0, 0.05) is 37.6 Å². The van der Waals surface area contributed by atoms with Crippen LogP contribution in [0.3, 0.4) is 0 Å². The fourth-order valence-corrected chi connectivity index (χ4v) is 2.96. The Morgan fingerprint density at radius 2 is 2.00 bits per heavy atom. The fourth-order valence-electron chi connectivity index (χ4n) is 2.96. The molecule has 0 amide bonds. The topological polar surface area (TPSA) is 42.1 Å². The maximum absolute atomic E-state index is 6.02. The summed E-state index contributed by atoms with van der Waals surface area (Å²) >= 11 is 0. The van der Waals surface area contributed by atoms with Crippen molar-refractivity contribution in [3.63, 3.8) is 0 Å². The molecule has 1 unspecified atom stereocenters. The molecule has 0 spiro atoms. The number of nitrogens with zero attached hydrogens (tertiary/aromatic N) is 2. The maximum atomic E-state index is 6.02. The minimum Gasteiger partial charge on any atom is -0.329 e. The Bertz CT molecular complexity index is 577. The first-order chi connectivity index (χ1) is 9.78. The van der Waals surface area contributed by atoms with E-state index in [0.717, 1.165) is 25.2 Å². The number of rotatable bonds is 3. The lowest BCUT2D eigenvalue weighted by atomic mass is 9.97. The predicted molar refractivity (Wildman–Crippen MR) is 81.3 cm³/mol. The van der Waals surface area contributed by atoms with Gasteiger partial charge in [-0.25, -0.2) is 0 Å². The van der Waals surface area contributed by atoms with Crippen LogP contribution >= 0.6 is 0 Å². The average molecular weight is 267 g/mol. The fraction of sp³-hybridized carbons (Fsp3) is 0.353. The van der Waals surface area contributed by atoms with Gasteiger partial charge in [-0.2, -0.15) is 0 Å². The second kappa shape index (κ2) is 5.73. The number of nitrogens with two attached hydrogens (primary N) is 1. The number of hydrogen-bond acceptors (Lipinski definition) is 3. The number of fused-ring (bicyclic) bond motifs is 1. The van der Waals surface area contributed by atoms with Crippen molar-refractivity contribution in [1.29, 1.82) is 0 Å². The van der Waals surface area contributed by atoms with E-state index < -0.39 is 0 Å². The number of aryl methyl sites for hydroxylation is 1. The molecule has 1 aliphatic heterocycles. The summed E-state index contributed by atoms with van der Waals surface area (Å²) in [6, 6.07) is 13.2. The SMILES string of the molecule is Cc1ccc(C(CN)N2CCc3ccccc3C2)cn1. The van der Waals surface area contributed by atoms with Gasteiger partial charge in [-0.1, -0.05) is 30.3 Å². The van der Waals surface area contributed by atoms with E-state index in [1.807, 2.05) is 13.1 Å². The Morgan fingerprint density at radius 1 is 1.20 bits per heavy atom. The van der Waals surface area contributed by atoms with Gasteiger partial charge >= 0.3 is 0 Å². The molecule has 0 radical (unpaired) electrons. The Kier molecular flexibility index (Phi) is 3.81. The highest BCUT2D eigenvalue weighted by Crippen LogP contribution is 2.26. The molecule has 1 aliphatic rings. The van der Waals surface area contributed by atoms with Gasteiger partial charge in [-0.3, -0.25) is 9.88 Å². The zero-order valence-corrected chi connectivity index (χ0v) is 11.9. The Morgan fingerprint density at radius 3 is 2.70 bits per heavy atom. The van der Waals surface area contributed by atoms with Crippen molar-refractivity contribution in [2.75, 3.05) is 13.1 Å². The van der Waals surface area contributed by atoms with Crippen LogP contribution in [0.1, 0.15) is 28.4 Å². The number of pyridine rings is 1. The van der Waals surface area contributed by atoms with Gasteiger partial charge in [-0.15, -0.1) is 0 Å². The van der Waals surface area contributed by atoms with E-state index >= 15 is 0 Å². The lowest BCUT2D eigenvalue weighted by Gasteiger charge is -2.35. The molecule has 0 fully saturated rings. The number of hydrogen-bond donors (Lipinski definition) is 1. The molecule has 1 atom stereocenters. The van der Waals surface area contributed by atoms with Crippen molar-refractivity contribution in [1.82, 2.24) is 9.88 Å². The lowest BCUT2D eigenvalue weighted by Crippen LogP contribution is -2.37. The summed E-state index contributed by atoms with van der Waals surface area (Å²) < 4.78 is 0. The van der Waals surface area contributed by atoms with E-state index in [0.29, 0.717) is 6.54 Å². The third-order valence-corrected chi connectivity index (χ3v) is 4.14. The first-order valence-corrected chi connectivity index (χ1v) is 7.21. The maximum Gasteiger partial charge on any atom is 0.0489 e. The summed E-state index contributed by atoms with van der Waals surface area (Å²) in [6.45, 7) is 4.68. The Hall–Kier alpha value is -1.71. The second-order valence-electron chi connectivity index (χ2n) is 5.47. The predicted octanol–water partition coefficient (Wildman–Crippen LogP) is 2.45. The summed E-state index contributed by atoms with van der Waals surface area (Å²) in [4.78, 5) is 6.87. The Labute approximate surface area is 120 Å². The molecule has 3 heteroatoms. The smallest absolute Gasteiger partial charge is 0.0489 e. The molecule has 1 aromatic heterocycles. The van der Waals surface area contributed by atoms with E-state index in [1.165, 1.54) is 16.7 Å². The largest absolute Gasteiger partial charge is 0.329 e. The van der Waals surface area contributed by atoms with Crippen LogP contribution in [-0.4, -0.2) is 23.0 Å². The lowest BCUT2D eigenvalue weighted by molar-refractivity contribution is 0.183. The molecule has 0 bridgehead atoms. The van der Waals surface area contributed by atoms with E-state index in [4.69, 9.17) is 5.73 Å². The molecule has 3 nitrogen and oxygen atoms in total. The van der Waals surface area contributed by atoms with Crippen molar-refractivity contribution >= 4 is 0 Å². The molecular weight excluding hydrogens is 246 g/mol. The van der Waals surface area contributed by atoms with Crippen LogP contribution in [0, 0.1) is 6.92 Å². The van der Waals surface area contributed by atoms with Gasteiger partial charge in [0.1, 0.15) is 0 Å². The van der Waals surface area contributed by atoms with Gasteiger partial charge in [0.2, 0.25) is 0 Å². The summed E-state index contributed by atoms with van der Waals surface area (Å²) in [7, 11) is 0. The highest BCUT2D eigenvalue weighted by atomic mass is 15.2. The molecule has 2 N–H and O–H groups in total. The summed E-state index contributed by atoms with van der Waals surface area (Å²) in [5, 5.41) is 0. The van der Waals surface area contributed by atoms with E-state index in [2.05, 4.69) is 46.3 Å². The number of benzene rings is 1. The van der Waals surface area contributed by atoms with E-state index in [-0.39, 0.29) is 6.04 Å². The highest BCUT2D eigenvalue weighted by Gasteiger charge is 2.23. The monoisotopic (exact) mass is 267 g/mol. The van der Waals surface area contributed by atoms with Crippen molar-refractivity contribution in [2.45, 2.75) is 25.9 Å². The molecule has 0 saturated heterocycles. The molecular formula is C17H21N3. The van der Waals surface area contributed by atoms with Gasteiger partial charge in [0.25, 0.3) is 0 Å². The molecule has 0 saturated carbocycles. The van der Waals surface area contributed by atoms with Gasteiger partial charge in [0.05, 0.1) is 0 Å². The van der Waals surface area contributed by atoms with Gasteiger partial charge in [-0.05, 0) is 36.1 Å². The zero-order valence-electron chi connectivity index (χ0n) is 11.9. The van der Waals surface area contributed by atoms with Crippen LogP contribution < -0.4 is 5.73 Å². The molecule has 2 heterocycles. The third kappa shape index (κ3) is 2.60.